The lowest BCUT2D eigenvalue weighted by atomic mass is 10.0. The van der Waals surface area contributed by atoms with Crippen molar-refractivity contribution in [2.45, 2.75) is 12.1 Å². The monoisotopic (exact) mass is 417 g/mol. The highest BCUT2D eigenvalue weighted by atomic mass is 32.2. The molecule has 0 aliphatic rings. The van der Waals surface area contributed by atoms with Gasteiger partial charge in [-0.3, -0.25) is 4.79 Å². The molecule has 1 amide bonds. The SMILES string of the molecule is Cc1ccc(-c2cc(-c3nnc(SCC(=O)N(C)C)n3C)c3ccccc3n2)cc1. The quantitative estimate of drug-likeness (QED) is 0.456. The van der Waals surface area contributed by atoms with Gasteiger partial charge in [0.15, 0.2) is 11.0 Å². The van der Waals surface area contributed by atoms with Gasteiger partial charge in [-0.1, -0.05) is 59.8 Å². The van der Waals surface area contributed by atoms with E-state index in [9.17, 15) is 4.79 Å². The largest absolute Gasteiger partial charge is 0.348 e. The highest BCUT2D eigenvalue weighted by Crippen LogP contribution is 2.32. The molecule has 0 bridgehead atoms. The summed E-state index contributed by atoms with van der Waals surface area (Å²) in [6, 6.07) is 18.5. The number of fused-ring (bicyclic) bond motifs is 1. The normalized spacial score (nSPS) is 11.1. The summed E-state index contributed by atoms with van der Waals surface area (Å²) in [5.74, 6) is 1.12. The summed E-state index contributed by atoms with van der Waals surface area (Å²) in [6.07, 6.45) is 0. The number of hydrogen-bond donors (Lipinski definition) is 0. The standard InChI is InChI=1S/C23H23N5OS/c1-15-9-11-16(12-10-15)20-13-18(17-7-5-6-8-19(17)24-20)22-25-26-23(28(22)4)30-14-21(29)27(2)3/h5-13H,14H2,1-4H3. The fourth-order valence-electron chi connectivity index (χ4n) is 3.16. The molecule has 30 heavy (non-hydrogen) atoms. The molecule has 2 aromatic heterocycles. The smallest absolute Gasteiger partial charge is 0.232 e. The summed E-state index contributed by atoms with van der Waals surface area (Å²) < 4.78 is 1.94. The van der Waals surface area contributed by atoms with E-state index in [0.717, 1.165) is 33.5 Å². The summed E-state index contributed by atoms with van der Waals surface area (Å²) in [5, 5.41) is 10.5. The maximum Gasteiger partial charge on any atom is 0.232 e. The number of nitrogens with zero attached hydrogens (tertiary/aromatic N) is 5. The van der Waals surface area contributed by atoms with Gasteiger partial charge in [0, 0.05) is 37.7 Å². The fourth-order valence-corrected chi connectivity index (χ4v) is 4.05. The van der Waals surface area contributed by atoms with E-state index in [4.69, 9.17) is 4.98 Å². The van der Waals surface area contributed by atoms with E-state index in [1.165, 1.54) is 17.3 Å². The van der Waals surface area contributed by atoms with Gasteiger partial charge < -0.3 is 9.47 Å². The lowest BCUT2D eigenvalue weighted by molar-refractivity contribution is -0.125. The zero-order chi connectivity index (χ0) is 21.3. The number of benzene rings is 2. The van der Waals surface area contributed by atoms with E-state index >= 15 is 0 Å². The minimum atomic E-state index is 0.0422. The molecule has 0 unspecified atom stereocenters. The van der Waals surface area contributed by atoms with Gasteiger partial charge in [-0.15, -0.1) is 10.2 Å². The maximum atomic E-state index is 11.9. The Kier molecular flexibility index (Phi) is 5.55. The number of thioether (sulfide) groups is 1. The molecule has 2 aromatic carbocycles. The first-order valence-corrected chi connectivity index (χ1v) is 10.6. The lowest BCUT2D eigenvalue weighted by Gasteiger charge is -2.11. The van der Waals surface area contributed by atoms with Crippen LogP contribution in [0.15, 0.2) is 59.8 Å². The first kappa shape index (κ1) is 20.1. The van der Waals surface area contributed by atoms with E-state index in [0.29, 0.717) is 10.9 Å². The summed E-state index contributed by atoms with van der Waals surface area (Å²) in [7, 11) is 5.43. The van der Waals surface area contributed by atoms with Crippen molar-refractivity contribution in [1.82, 2.24) is 24.6 Å². The Morgan fingerprint density at radius 2 is 1.80 bits per heavy atom. The Bertz CT molecular complexity index is 1210. The molecule has 7 heteroatoms. The van der Waals surface area contributed by atoms with E-state index in [1.54, 1.807) is 19.0 Å². The average molecular weight is 418 g/mol. The van der Waals surface area contributed by atoms with Crippen molar-refractivity contribution < 1.29 is 4.79 Å². The molecule has 0 saturated carbocycles. The molecule has 0 N–H and O–H groups in total. The molecule has 0 radical (unpaired) electrons. The third-order valence-electron chi connectivity index (χ3n) is 4.96. The van der Waals surface area contributed by atoms with Crippen LogP contribution in [0.3, 0.4) is 0 Å². The molecule has 4 aromatic rings. The molecule has 6 nitrogen and oxygen atoms in total. The predicted molar refractivity (Wildman–Crippen MR) is 121 cm³/mol. The summed E-state index contributed by atoms with van der Waals surface area (Å²) in [6.45, 7) is 2.07. The summed E-state index contributed by atoms with van der Waals surface area (Å²) in [5.41, 5.74) is 5.04. The van der Waals surface area contributed by atoms with Crippen LogP contribution < -0.4 is 0 Å². The predicted octanol–water partition coefficient (Wildman–Crippen LogP) is 4.19. The number of carbonyl (C=O) groups is 1. The van der Waals surface area contributed by atoms with Crippen molar-refractivity contribution in [3.63, 3.8) is 0 Å². The number of aromatic nitrogens is 4. The van der Waals surface area contributed by atoms with Gasteiger partial charge in [0.2, 0.25) is 5.91 Å². The van der Waals surface area contributed by atoms with Crippen molar-refractivity contribution in [3.8, 4) is 22.6 Å². The molecule has 0 fully saturated rings. The Labute approximate surface area is 180 Å². The average Bonchev–Trinajstić information content (AvgIpc) is 3.11. The Morgan fingerprint density at radius 3 is 2.53 bits per heavy atom. The topological polar surface area (TPSA) is 63.9 Å². The van der Waals surface area contributed by atoms with Crippen molar-refractivity contribution >= 4 is 28.6 Å². The van der Waals surface area contributed by atoms with Gasteiger partial charge in [0.05, 0.1) is 17.0 Å². The number of pyridine rings is 1. The van der Waals surface area contributed by atoms with E-state index in [-0.39, 0.29) is 5.91 Å². The van der Waals surface area contributed by atoms with E-state index in [2.05, 4.69) is 47.5 Å². The van der Waals surface area contributed by atoms with Crippen molar-refractivity contribution in [2.75, 3.05) is 19.8 Å². The zero-order valence-corrected chi connectivity index (χ0v) is 18.3. The van der Waals surface area contributed by atoms with Gasteiger partial charge in [-0.05, 0) is 19.1 Å². The fraction of sp³-hybridized carbons (Fsp3) is 0.217. The third kappa shape index (κ3) is 3.93. The second-order valence-electron chi connectivity index (χ2n) is 7.38. The number of hydrogen-bond acceptors (Lipinski definition) is 5. The van der Waals surface area contributed by atoms with Crippen LogP contribution in [0.25, 0.3) is 33.5 Å². The number of amides is 1. The molecule has 0 aliphatic heterocycles. The molecule has 0 aliphatic carbocycles. The number of carbonyl (C=O) groups excluding carboxylic acids is 1. The van der Waals surface area contributed by atoms with Crippen LogP contribution in [0.1, 0.15) is 5.56 Å². The van der Waals surface area contributed by atoms with Crippen molar-refractivity contribution in [3.05, 3.63) is 60.2 Å². The van der Waals surface area contributed by atoms with Crippen LogP contribution in [0.5, 0.6) is 0 Å². The van der Waals surface area contributed by atoms with Gasteiger partial charge in [0.25, 0.3) is 0 Å². The van der Waals surface area contributed by atoms with E-state index < -0.39 is 0 Å². The van der Waals surface area contributed by atoms with Crippen LogP contribution in [0.4, 0.5) is 0 Å². The van der Waals surface area contributed by atoms with Gasteiger partial charge in [0.1, 0.15) is 0 Å². The third-order valence-corrected chi connectivity index (χ3v) is 5.97. The summed E-state index contributed by atoms with van der Waals surface area (Å²) in [4.78, 5) is 18.4. The van der Waals surface area contributed by atoms with Crippen LogP contribution >= 0.6 is 11.8 Å². The number of rotatable bonds is 5. The second kappa shape index (κ2) is 8.28. The second-order valence-corrected chi connectivity index (χ2v) is 8.32. The Hall–Kier alpha value is -3.19. The van der Waals surface area contributed by atoms with Gasteiger partial charge >= 0.3 is 0 Å². The first-order valence-electron chi connectivity index (χ1n) is 9.63. The first-order chi connectivity index (χ1) is 14.4. The van der Waals surface area contributed by atoms with Crippen molar-refractivity contribution in [1.29, 1.82) is 0 Å². The van der Waals surface area contributed by atoms with Gasteiger partial charge in [-0.2, -0.15) is 0 Å². The maximum absolute atomic E-state index is 11.9. The molecule has 0 saturated heterocycles. The molecule has 0 spiro atoms. The Morgan fingerprint density at radius 1 is 1.07 bits per heavy atom. The molecule has 4 rings (SSSR count). The minimum Gasteiger partial charge on any atom is -0.348 e. The Balaban J connectivity index is 1.79. The molecule has 2 heterocycles. The van der Waals surface area contributed by atoms with Crippen LogP contribution in [0, 0.1) is 6.92 Å². The number of para-hydroxylation sites is 1. The van der Waals surface area contributed by atoms with Gasteiger partial charge in [-0.25, -0.2) is 4.98 Å². The molecule has 152 valence electrons. The molecule has 0 atom stereocenters. The van der Waals surface area contributed by atoms with Crippen LogP contribution in [-0.2, 0) is 11.8 Å². The van der Waals surface area contributed by atoms with Crippen molar-refractivity contribution in [2.24, 2.45) is 7.05 Å². The highest BCUT2D eigenvalue weighted by Gasteiger charge is 2.17. The van der Waals surface area contributed by atoms with Crippen LogP contribution in [0.2, 0.25) is 0 Å². The highest BCUT2D eigenvalue weighted by molar-refractivity contribution is 7.99. The van der Waals surface area contributed by atoms with Crippen LogP contribution in [-0.4, -0.2) is 50.4 Å². The zero-order valence-electron chi connectivity index (χ0n) is 17.5. The number of aryl methyl sites for hydroxylation is 1. The summed E-state index contributed by atoms with van der Waals surface area (Å²) >= 11 is 1.39. The minimum absolute atomic E-state index is 0.0422. The lowest BCUT2D eigenvalue weighted by Crippen LogP contribution is -2.23. The van der Waals surface area contributed by atoms with E-state index in [1.807, 2.05) is 35.9 Å². The molecular formula is C23H23N5OS. The molecular weight excluding hydrogens is 394 g/mol.